The van der Waals surface area contributed by atoms with Gasteiger partial charge in [0.15, 0.2) is 6.10 Å². The van der Waals surface area contributed by atoms with Crippen LogP contribution in [-0.4, -0.2) is 23.5 Å². The summed E-state index contributed by atoms with van der Waals surface area (Å²) in [5.74, 6) is 0.779. The minimum absolute atomic E-state index is 0.142. The number of benzene rings is 1. The van der Waals surface area contributed by atoms with E-state index in [1.807, 2.05) is 0 Å². The zero-order valence-electron chi connectivity index (χ0n) is 12.5. The Morgan fingerprint density at radius 2 is 2.10 bits per heavy atom. The highest BCUT2D eigenvalue weighted by Gasteiger charge is 2.18. The van der Waals surface area contributed by atoms with E-state index in [0.29, 0.717) is 28.8 Å². The summed E-state index contributed by atoms with van der Waals surface area (Å²) < 4.78 is 5.64. The number of rotatable bonds is 7. The third kappa shape index (κ3) is 5.52. The predicted molar refractivity (Wildman–Crippen MR) is 89.9 cm³/mol. The van der Waals surface area contributed by atoms with E-state index in [1.165, 1.54) is 0 Å². The smallest absolute Gasteiger partial charge is 0.260 e. The summed E-state index contributed by atoms with van der Waals surface area (Å²) in [6.45, 7) is 6.51. The molecule has 1 atom stereocenters. The highest BCUT2D eigenvalue weighted by molar-refractivity contribution is 7.80. The molecule has 3 N–H and O–H groups in total. The highest BCUT2D eigenvalue weighted by Crippen LogP contribution is 2.27. The first-order valence-electron chi connectivity index (χ1n) is 6.85. The summed E-state index contributed by atoms with van der Waals surface area (Å²) in [5.41, 5.74) is 6.10. The fourth-order valence-corrected chi connectivity index (χ4v) is 2.25. The Labute approximate surface area is 136 Å². The maximum atomic E-state index is 12.0. The second kappa shape index (κ2) is 8.20. The molecule has 1 rings (SSSR count). The average molecular weight is 329 g/mol. The van der Waals surface area contributed by atoms with Crippen LogP contribution in [0.1, 0.15) is 32.8 Å². The monoisotopic (exact) mass is 328 g/mol. The number of nitrogens with two attached hydrogens (primary N) is 1. The van der Waals surface area contributed by atoms with Gasteiger partial charge < -0.3 is 15.8 Å². The molecule has 0 spiro atoms. The van der Waals surface area contributed by atoms with E-state index in [4.69, 9.17) is 34.3 Å². The molecule has 0 aromatic heterocycles. The van der Waals surface area contributed by atoms with E-state index in [9.17, 15) is 4.79 Å². The number of nitrogens with one attached hydrogen (secondary N) is 1. The van der Waals surface area contributed by atoms with Crippen molar-refractivity contribution in [2.45, 2.75) is 33.3 Å². The molecule has 6 heteroatoms. The number of thiocarbonyl (C=S) groups is 1. The van der Waals surface area contributed by atoms with Gasteiger partial charge in [0.25, 0.3) is 5.91 Å². The van der Waals surface area contributed by atoms with Crippen LogP contribution in [0.3, 0.4) is 0 Å². The zero-order chi connectivity index (χ0) is 16.0. The highest BCUT2D eigenvalue weighted by atomic mass is 35.5. The minimum Gasteiger partial charge on any atom is -0.480 e. The molecule has 0 fully saturated rings. The van der Waals surface area contributed by atoms with Crippen molar-refractivity contribution in [1.82, 2.24) is 5.32 Å². The van der Waals surface area contributed by atoms with Crippen molar-refractivity contribution in [2.75, 3.05) is 6.54 Å². The summed E-state index contributed by atoms with van der Waals surface area (Å²) in [4.78, 5) is 12.1. The fourth-order valence-electron chi connectivity index (χ4n) is 1.71. The lowest BCUT2D eigenvalue weighted by molar-refractivity contribution is -0.127. The molecule has 0 bridgehead atoms. The van der Waals surface area contributed by atoms with Gasteiger partial charge in [-0.1, -0.05) is 43.7 Å². The fraction of sp³-hybridized carbons (Fsp3) is 0.467. The molecule has 1 aromatic carbocycles. The van der Waals surface area contributed by atoms with E-state index >= 15 is 0 Å². The molecule has 0 aliphatic rings. The third-order valence-electron chi connectivity index (χ3n) is 2.92. The van der Waals surface area contributed by atoms with Crippen LogP contribution in [0.15, 0.2) is 18.2 Å². The first kappa shape index (κ1) is 17.7. The van der Waals surface area contributed by atoms with E-state index in [-0.39, 0.29) is 10.9 Å². The van der Waals surface area contributed by atoms with E-state index in [0.717, 1.165) is 6.42 Å². The van der Waals surface area contributed by atoms with E-state index in [2.05, 4.69) is 19.2 Å². The lowest BCUT2D eigenvalue weighted by Crippen LogP contribution is -2.37. The van der Waals surface area contributed by atoms with Crippen LogP contribution in [0.5, 0.6) is 5.75 Å². The summed E-state index contributed by atoms with van der Waals surface area (Å²) in [5, 5.41) is 3.25. The van der Waals surface area contributed by atoms with Crippen molar-refractivity contribution < 1.29 is 9.53 Å². The van der Waals surface area contributed by atoms with Gasteiger partial charge in [-0.25, -0.2) is 0 Å². The van der Waals surface area contributed by atoms with Crippen molar-refractivity contribution >= 4 is 34.7 Å². The SMILES string of the molecule is CC(C)CCNC(=O)C(C)Oc1cccc(Cl)c1C(N)=S. The van der Waals surface area contributed by atoms with Crippen LogP contribution in [-0.2, 0) is 4.79 Å². The molecule has 0 aliphatic carbocycles. The summed E-state index contributed by atoms with van der Waals surface area (Å²) in [6.07, 6.45) is 0.275. The molecular formula is C15H21ClN2O2S. The molecule has 1 unspecified atom stereocenters. The van der Waals surface area contributed by atoms with Gasteiger partial charge in [-0.2, -0.15) is 0 Å². The topological polar surface area (TPSA) is 64.3 Å². The van der Waals surface area contributed by atoms with Crippen molar-refractivity contribution in [3.05, 3.63) is 28.8 Å². The van der Waals surface area contributed by atoms with Gasteiger partial charge in [-0.05, 0) is 31.4 Å². The molecule has 21 heavy (non-hydrogen) atoms. The Hall–Kier alpha value is -1.33. The standard InChI is InChI=1S/C15H21ClN2O2S/c1-9(2)7-8-18-15(19)10(3)20-12-6-4-5-11(16)13(12)14(17)21/h4-6,9-10H,7-8H2,1-3H3,(H2,17,21)(H,18,19). The number of carbonyl (C=O) groups is 1. The lowest BCUT2D eigenvalue weighted by atomic mass is 10.1. The molecule has 4 nitrogen and oxygen atoms in total. The summed E-state index contributed by atoms with van der Waals surface area (Å²) in [7, 11) is 0. The van der Waals surface area contributed by atoms with Crippen molar-refractivity contribution in [3.8, 4) is 5.75 Å². The molecule has 0 saturated carbocycles. The Bertz CT molecular complexity index is 520. The van der Waals surface area contributed by atoms with Gasteiger partial charge in [-0.3, -0.25) is 4.79 Å². The van der Waals surface area contributed by atoms with E-state index < -0.39 is 6.10 Å². The molecule has 0 radical (unpaired) electrons. The number of amides is 1. The Kier molecular flexibility index (Phi) is 6.92. The molecule has 1 aromatic rings. The largest absolute Gasteiger partial charge is 0.480 e. The summed E-state index contributed by atoms with van der Waals surface area (Å²) >= 11 is 11.0. The van der Waals surface area contributed by atoms with Crippen LogP contribution in [0.25, 0.3) is 0 Å². The third-order valence-corrected chi connectivity index (χ3v) is 3.43. The number of halogens is 1. The van der Waals surface area contributed by atoms with Crippen LogP contribution in [0, 0.1) is 5.92 Å². The van der Waals surface area contributed by atoms with Crippen LogP contribution < -0.4 is 15.8 Å². The average Bonchev–Trinajstić information content (AvgIpc) is 2.37. The van der Waals surface area contributed by atoms with Gasteiger partial charge in [0.05, 0.1) is 10.6 Å². The number of hydrogen-bond donors (Lipinski definition) is 2. The second-order valence-electron chi connectivity index (χ2n) is 5.21. The van der Waals surface area contributed by atoms with Gasteiger partial charge in [0.1, 0.15) is 10.7 Å². The van der Waals surface area contributed by atoms with Crippen molar-refractivity contribution in [2.24, 2.45) is 11.7 Å². The van der Waals surface area contributed by atoms with Gasteiger partial charge in [0.2, 0.25) is 0 Å². The van der Waals surface area contributed by atoms with Crippen LogP contribution in [0.4, 0.5) is 0 Å². The normalized spacial score (nSPS) is 12.0. The van der Waals surface area contributed by atoms with E-state index in [1.54, 1.807) is 25.1 Å². The molecule has 1 amide bonds. The molecule has 0 saturated heterocycles. The maximum Gasteiger partial charge on any atom is 0.260 e. The van der Waals surface area contributed by atoms with Gasteiger partial charge in [0, 0.05) is 6.54 Å². The summed E-state index contributed by atoms with van der Waals surface area (Å²) in [6, 6.07) is 5.09. The first-order chi connectivity index (χ1) is 9.82. The lowest BCUT2D eigenvalue weighted by Gasteiger charge is -2.18. The molecule has 0 heterocycles. The predicted octanol–water partition coefficient (Wildman–Crippen LogP) is 2.90. The van der Waals surface area contributed by atoms with Crippen molar-refractivity contribution in [3.63, 3.8) is 0 Å². The number of ether oxygens (including phenoxy) is 1. The Morgan fingerprint density at radius 1 is 1.43 bits per heavy atom. The minimum atomic E-state index is -0.649. The Morgan fingerprint density at radius 3 is 2.67 bits per heavy atom. The van der Waals surface area contributed by atoms with Crippen molar-refractivity contribution in [1.29, 1.82) is 0 Å². The zero-order valence-corrected chi connectivity index (χ0v) is 14.1. The quantitative estimate of drug-likeness (QED) is 0.755. The van der Waals surface area contributed by atoms with Crippen LogP contribution >= 0.6 is 23.8 Å². The van der Waals surface area contributed by atoms with Crippen LogP contribution in [0.2, 0.25) is 5.02 Å². The molecular weight excluding hydrogens is 308 g/mol. The number of hydrogen-bond acceptors (Lipinski definition) is 3. The first-order valence-corrected chi connectivity index (χ1v) is 7.64. The van der Waals surface area contributed by atoms with Gasteiger partial charge >= 0.3 is 0 Å². The van der Waals surface area contributed by atoms with Gasteiger partial charge in [-0.15, -0.1) is 0 Å². The maximum absolute atomic E-state index is 12.0. The Balaban J connectivity index is 2.70. The molecule has 0 aliphatic heterocycles. The second-order valence-corrected chi connectivity index (χ2v) is 6.06. The molecule has 116 valence electrons. The number of carbonyl (C=O) groups excluding carboxylic acids is 1.